The van der Waals surface area contributed by atoms with Crippen molar-refractivity contribution in [1.29, 1.82) is 0 Å². The van der Waals surface area contributed by atoms with Gasteiger partial charge in [0.1, 0.15) is 5.82 Å². The number of nitrogens with two attached hydrogens (primary N) is 1. The number of carbonyl (C=O) groups is 3. The number of benzene rings is 3. The molecule has 4 atom stereocenters. The lowest BCUT2D eigenvalue weighted by atomic mass is 9.91. The molecule has 1 aliphatic heterocycles. The van der Waals surface area contributed by atoms with Crippen LogP contribution < -0.4 is 16.4 Å². The predicted octanol–water partition coefficient (Wildman–Crippen LogP) is 5.87. The molecular weight excluding hydrogens is 543 g/mol. The molecule has 0 aromatic heterocycles. The molecule has 1 fully saturated rings. The summed E-state index contributed by atoms with van der Waals surface area (Å²) < 4.78 is 13.3. The third kappa shape index (κ3) is 8.74. The largest absolute Gasteiger partial charge is 0.347 e. The molecule has 4 N–H and O–H groups in total. The van der Waals surface area contributed by atoms with Crippen molar-refractivity contribution in [3.8, 4) is 0 Å². The van der Waals surface area contributed by atoms with E-state index in [4.69, 9.17) is 5.73 Å². The second-order valence-electron chi connectivity index (χ2n) is 11.7. The molecule has 3 amide bonds. The quantitative estimate of drug-likeness (QED) is 0.247. The number of hydrogen-bond acceptors (Lipinski definition) is 4. The fraction of sp³-hybridized carbons (Fsp3) is 0.400. The summed E-state index contributed by atoms with van der Waals surface area (Å²) in [5, 5.41) is 5.91. The summed E-state index contributed by atoms with van der Waals surface area (Å²) in [6.45, 7) is 6.53. The maximum absolute atomic E-state index is 13.7. The molecule has 7 nitrogen and oxygen atoms in total. The predicted molar refractivity (Wildman–Crippen MR) is 168 cm³/mol. The summed E-state index contributed by atoms with van der Waals surface area (Å²) in [5.74, 6) is -1.43. The highest BCUT2D eigenvalue weighted by Gasteiger charge is 2.30. The molecule has 4 rings (SSSR count). The van der Waals surface area contributed by atoms with Gasteiger partial charge in [-0.1, -0.05) is 50.6 Å². The molecule has 1 saturated heterocycles. The maximum atomic E-state index is 13.7. The van der Waals surface area contributed by atoms with Gasteiger partial charge in [-0.05, 0) is 92.6 Å². The fourth-order valence-electron chi connectivity index (χ4n) is 5.85. The molecule has 0 radical (unpaired) electrons. The lowest BCUT2D eigenvalue weighted by molar-refractivity contribution is -0.119. The highest BCUT2D eigenvalue weighted by atomic mass is 19.1. The smallest absolute Gasteiger partial charge is 0.254 e. The molecule has 43 heavy (non-hydrogen) atoms. The zero-order chi connectivity index (χ0) is 30.9. The highest BCUT2D eigenvalue weighted by molar-refractivity contribution is 6.00. The van der Waals surface area contributed by atoms with Crippen LogP contribution in [0, 0.1) is 18.7 Å². The minimum absolute atomic E-state index is 0.0350. The number of hydrogen-bond donors (Lipinski definition) is 3. The molecule has 1 heterocycles. The van der Waals surface area contributed by atoms with E-state index in [0.717, 1.165) is 43.4 Å². The number of nitrogens with one attached hydrogen (secondary N) is 2. The summed E-state index contributed by atoms with van der Waals surface area (Å²) >= 11 is 0. The number of rotatable bonds is 12. The third-order valence-electron chi connectivity index (χ3n) is 8.16. The van der Waals surface area contributed by atoms with Gasteiger partial charge in [0.15, 0.2) is 0 Å². The first-order chi connectivity index (χ1) is 20.6. The van der Waals surface area contributed by atoms with Gasteiger partial charge in [0.25, 0.3) is 11.8 Å². The molecule has 0 aliphatic carbocycles. The van der Waals surface area contributed by atoms with Crippen LogP contribution in [0.3, 0.4) is 0 Å². The van der Waals surface area contributed by atoms with E-state index >= 15 is 0 Å². The molecule has 0 unspecified atom stereocenters. The van der Waals surface area contributed by atoms with Crippen LogP contribution in [0.4, 0.5) is 10.1 Å². The number of amides is 3. The van der Waals surface area contributed by atoms with Gasteiger partial charge in [-0.2, -0.15) is 0 Å². The number of nitrogens with zero attached hydrogens (tertiary/aromatic N) is 1. The Kier molecular flexibility index (Phi) is 11.1. The van der Waals surface area contributed by atoms with Gasteiger partial charge >= 0.3 is 0 Å². The molecule has 228 valence electrons. The van der Waals surface area contributed by atoms with Crippen LogP contribution in [0.25, 0.3) is 0 Å². The molecule has 0 saturated carbocycles. The standard InChI is InChI=1S/C35H43FN4O3/c1-4-9-30-12-8-17-40(30)35(43)27-19-23(2)18-26(22-27)34(42)39-32(21-25-10-6-5-7-11-25)31(37)20-24(3)33(41)38-29-15-13-28(36)14-16-29/h5-7,10-11,13-16,18-19,22,24,30-32H,4,8-9,12,17,20-21,37H2,1-3H3,(H,38,41)(H,39,42)/t24-,30+,31+,32+/m1/s1. The summed E-state index contributed by atoms with van der Waals surface area (Å²) in [5.41, 5.74) is 9.93. The van der Waals surface area contributed by atoms with Crippen LogP contribution in [0.5, 0.6) is 0 Å². The van der Waals surface area contributed by atoms with E-state index in [1.807, 2.05) is 48.2 Å². The van der Waals surface area contributed by atoms with Gasteiger partial charge in [-0.15, -0.1) is 0 Å². The van der Waals surface area contributed by atoms with E-state index in [1.165, 1.54) is 24.3 Å². The van der Waals surface area contributed by atoms with Crippen LogP contribution in [-0.2, 0) is 11.2 Å². The van der Waals surface area contributed by atoms with Gasteiger partial charge in [0, 0.05) is 47.4 Å². The summed E-state index contributed by atoms with van der Waals surface area (Å²) in [4.78, 5) is 42.0. The SMILES string of the molecule is CCC[C@H]1CCCN1C(=O)c1cc(C)cc(C(=O)N[C@@H](Cc2ccccc2)[C@@H](N)C[C@@H](C)C(=O)Nc2ccc(F)cc2)c1. The van der Waals surface area contributed by atoms with E-state index in [0.29, 0.717) is 29.7 Å². The average molecular weight is 587 g/mol. The molecule has 3 aromatic carbocycles. The Morgan fingerprint density at radius 3 is 2.42 bits per heavy atom. The maximum Gasteiger partial charge on any atom is 0.254 e. The Morgan fingerprint density at radius 1 is 1.02 bits per heavy atom. The van der Waals surface area contributed by atoms with Crippen molar-refractivity contribution >= 4 is 23.4 Å². The lowest BCUT2D eigenvalue weighted by Gasteiger charge is -2.28. The van der Waals surface area contributed by atoms with E-state index in [2.05, 4.69) is 17.6 Å². The normalized spacial score (nSPS) is 16.8. The fourth-order valence-corrected chi connectivity index (χ4v) is 5.85. The summed E-state index contributed by atoms with van der Waals surface area (Å²) in [7, 11) is 0. The zero-order valence-electron chi connectivity index (χ0n) is 25.3. The number of likely N-dealkylation sites (tertiary alicyclic amines) is 1. The second-order valence-corrected chi connectivity index (χ2v) is 11.7. The lowest BCUT2D eigenvalue weighted by Crippen LogP contribution is -2.50. The molecule has 0 spiro atoms. The number of anilines is 1. The first-order valence-electron chi connectivity index (χ1n) is 15.2. The van der Waals surface area contributed by atoms with Crippen LogP contribution >= 0.6 is 0 Å². The molecule has 3 aromatic rings. The number of aryl methyl sites for hydroxylation is 1. The van der Waals surface area contributed by atoms with Crippen molar-refractivity contribution in [3.63, 3.8) is 0 Å². The van der Waals surface area contributed by atoms with Crippen molar-refractivity contribution in [1.82, 2.24) is 10.2 Å². The Labute approximate surface area is 254 Å². The van der Waals surface area contributed by atoms with Crippen LogP contribution in [-0.4, -0.2) is 47.3 Å². The second kappa shape index (κ2) is 14.9. The summed E-state index contributed by atoms with van der Waals surface area (Å²) in [6.07, 6.45) is 4.79. The van der Waals surface area contributed by atoms with Crippen molar-refractivity contribution in [3.05, 3.63) is 101 Å². The van der Waals surface area contributed by atoms with Crippen LogP contribution in [0.15, 0.2) is 72.8 Å². The highest BCUT2D eigenvalue weighted by Crippen LogP contribution is 2.25. The Morgan fingerprint density at radius 2 is 1.72 bits per heavy atom. The van der Waals surface area contributed by atoms with Crippen LogP contribution in [0.2, 0.25) is 0 Å². The van der Waals surface area contributed by atoms with Crippen molar-refractivity contribution in [2.75, 3.05) is 11.9 Å². The monoisotopic (exact) mass is 586 g/mol. The van der Waals surface area contributed by atoms with Gasteiger partial charge in [-0.3, -0.25) is 14.4 Å². The average Bonchev–Trinajstić information content (AvgIpc) is 3.46. The summed E-state index contributed by atoms with van der Waals surface area (Å²) in [6, 6.07) is 19.9. The van der Waals surface area contributed by atoms with E-state index in [1.54, 1.807) is 19.1 Å². The minimum Gasteiger partial charge on any atom is -0.347 e. The zero-order valence-corrected chi connectivity index (χ0v) is 25.3. The van der Waals surface area contributed by atoms with Gasteiger partial charge < -0.3 is 21.3 Å². The van der Waals surface area contributed by atoms with Crippen molar-refractivity contribution < 1.29 is 18.8 Å². The van der Waals surface area contributed by atoms with Gasteiger partial charge in [-0.25, -0.2) is 4.39 Å². The number of carbonyl (C=O) groups excluding carboxylic acids is 3. The minimum atomic E-state index is -0.538. The molecular formula is C35H43FN4O3. The number of halogens is 1. The van der Waals surface area contributed by atoms with E-state index in [-0.39, 0.29) is 29.6 Å². The van der Waals surface area contributed by atoms with Crippen molar-refractivity contribution in [2.45, 2.75) is 77.4 Å². The molecule has 1 aliphatic rings. The topological polar surface area (TPSA) is 105 Å². The Balaban J connectivity index is 1.49. The Bertz CT molecular complexity index is 1400. The molecule has 0 bridgehead atoms. The molecule has 8 heteroatoms. The van der Waals surface area contributed by atoms with Crippen LogP contribution in [0.1, 0.15) is 77.8 Å². The van der Waals surface area contributed by atoms with Gasteiger partial charge in [0.2, 0.25) is 5.91 Å². The Hall–Kier alpha value is -4.04. The van der Waals surface area contributed by atoms with Gasteiger partial charge in [0.05, 0.1) is 0 Å². The van der Waals surface area contributed by atoms with E-state index in [9.17, 15) is 18.8 Å². The van der Waals surface area contributed by atoms with Crippen molar-refractivity contribution in [2.24, 2.45) is 11.7 Å². The van der Waals surface area contributed by atoms with E-state index < -0.39 is 18.0 Å². The first-order valence-corrected chi connectivity index (χ1v) is 15.2. The first kappa shape index (κ1) is 31.9. The third-order valence-corrected chi connectivity index (χ3v) is 8.16.